The zero-order chi connectivity index (χ0) is 22.1. The lowest BCUT2D eigenvalue weighted by Gasteiger charge is -2.35. The van der Waals surface area contributed by atoms with E-state index >= 15 is 0 Å². The molecule has 11 heteroatoms. The summed E-state index contributed by atoms with van der Waals surface area (Å²) in [5.74, 6) is 0.641. The fraction of sp³-hybridized carbons (Fsp3) is 0.524. The van der Waals surface area contributed by atoms with Crippen LogP contribution >= 0.6 is 24.0 Å². The molecule has 0 amide bonds. The van der Waals surface area contributed by atoms with Crippen LogP contribution in [-0.4, -0.2) is 75.1 Å². The van der Waals surface area contributed by atoms with Crippen LogP contribution in [0.1, 0.15) is 30.7 Å². The smallest absolute Gasteiger partial charge is 0.220 e. The molecular weight excluding hydrogens is 545 g/mol. The Morgan fingerprint density at radius 2 is 1.94 bits per heavy atom. The Balaban J connectivity index is 0.00000363. The average molecular weight is 577 g/mol. The first-order valence-electron chi connectivity index (χ1n) is 10.5. The largest absolute Gasteiger partial charge is 0.374 e. The van der Waals surface area contributed by atoms with Crippen LogP contribution in [0, 0.1) is 0 Å². The first kappa shape index (κ1) is 26.6. The summed E-state index contributed by atoms with van der Waals surface area (Å²) in [6.45, 7) is 5.43. The summed E-state index contributed by atoms with van der Waals surface area (Å²) in [7, 11) is -1.67. The number of aromatic nitrogens is 1. The van der Waals surface area contributed by atoms with Crippen molar-refractivity contribution in [3.05, 3.63) is 53.9 Å². The van der Waals surface area contributed by atoms with Crippen LogP contribution in [0.25, 0.3) is 0 Å². The molecule has 1 aromatic heterocycles. The van der Waals surface area contributed by atoms with Gasteiger partial charge in [0.15, 0.2) is 5.96 Å². The molecule has 1 N–H and O–H groups in total. The van der Waals surface area contributed by atoms with Crippen LogP contribution in [0.3, 0.4) is 0 Å². The number of hydrogen-bond acceptors (Lipinski definition) is 6. The number of halogens is 1. The van der Waals surface area contributed by atoms with Crippen LogP contribution in [0.15, 0.2) is 52.2 Å². The predicted octanol–water partition coefficient (Wildman–Crippen LogP) is 2.48. The molecule has 1 atom stereocenters. The molecule has 3 rings (SSSR count). The molecule has 2 aromatic rings. The molecule has 0 bridgehead atoms. The number of rotatable bonds is 9. The standard InChI is InChI=1S/C21H31N5O4S.HI/c1-18(19-7-4-3-5-8-19)29-15-6-10-23-21(22-2)25-11-13-26(14-12-25)31(27,28)17-20-9-16-30-24-20;/h3-5,7-9,16,18H,6,10-15,17H2,1-2H3,(H,22,23);1H. The van der Waals surface area contributed by atoms with Crippen molar-refractivity contribution in [1.82, 2.24) is 19.7 Å². The molecule has 0 saturated carbocycles. The molecule has 0 spiro atoms. The fourth-order valence-corrected chi connectivity index (χ4v) is 4.88. The molecule has 178 valence electrons. The second kappa shape index (κ2) is 13.1. The topological polar surface area (TPSA) is 100 Å². The van der Waals surface area contributed by atoms with E-state index in [0.717, 1.165) is 18.9 Å². The highest BCUT2D eigenvalue weighted by Gasteiger charge is 2.28. The van der Waals surface area contributed by atoms with Gasteiger partial charge in [-0.1, -0.05) is 35.5 Å². The molecule has 0 aliphatic carbocycles. The van der Waals surface area contributed by atoms with Crippen molar-refractivity contribution in [2.45, 2.75) is 25.2 Å². The number of sulfonamides is 1. The maximum Gasteiger partial charge on any atom is 0.220 e. The van der Waals surface area contributed by atoms with Gasteiger partial charge in [0, 0.05) is 52.4 Å². The van der Waals surface area contributed by atoms with E-state index in [-0.39, 0.29) is 35.8 Å². The number of benzene rings is 1. The Morgan fingerprint density at radius 3 is 2.56 bits per heavy atom. The van der Waals surface area contributed by atoms with Crippen molar-refractivity contribution in [3.63, 3.8) is 0 Å². The van der Waals surface area contributed by atoms with E-state index in [2.05, 4.69) is 39.4 Å². The highest BCUT2D eigenvalue weighted by atomic mass is 127. The van der Waals surface area contributed by atoms with Crippen molar-refractivity contribution >= 4 is 40.0 Å². The van der Waals surface area contributed by atoms with Crippen molar-refractivity contribution in [1.29, 1.82) is 0 Å². The number of ether oxygens (including phenoxy) is 1. The minimum absolute atomic E-state index is 0. The van der Waals surface area contributed by atoms with Crippen LogP contribution in [-0.2, 0) is 20.5 Å². The van der Waals surface area contributed by atoms with E-state index in [9.17, 15) is 8.42 Å². The van der Waals surface area contributed by atoms with Gasteiger partial charge in [-0.25, -0.2) is 8.42 Å². The van der Waals surface area contributed by atoms with Crippen LogP contribution in [0.5, 0.6) is 0 Å². The quantitative estimate of drug-likeness (QED) is 0.212. The van der Waals surface area contributed by atoms with Crippen molar-refractivity contribution in [2.75, 3.05) is 46.4 Å². The van der Waals surface area contributed by atoms with Gasteiger partial charge in [0.2, 0.25) is 10.0 Å². The minimum atomic E-state index is -3.41. The van der Waals surface area contributed by atoms with Crippen LogP contribution in [0.2, 0.25) is 0 Å². The second-order valence-corrected chi connectivity index (χ2v) is 9.35. The number of nitrogens with one attached hydrogen (secondary N) is 1. The average Bonchev–Trinajstić information content (AvgIpc) is 3.29. The predicted molar refractivity (Wildman–Crippen MR) is 134 cm³/mol. The Morgan fingerprint density at radius 1 is 1.22 bits per heavy atom. The first-order chi connectivity index (χ1) is 15.0. The molecule has 9 nitrogen and oxygen atoms in total. The van der Waals surface area contributed by atoms with Gasteiger partial charge in [-0.15, -0.1) is 24.0 Å². The van der Waals surface area contributed by atoms with E-state index in [1.165, 1.54) is 16.1 Å². The number of nitrogens with zero attached hydrogens (tertiary/aromatic N) is 4. The van der Waals surface area contributed by atoms with Gasteiger partial charge < -0.3 is 19.5 Å². The van der Waals surface area contributed by atoms with Gasteiger partial charge in [-0.3, -0.25) is 4.99 Å². The number of guanidine groups is 1. The normalized spacial score (nSPS) is 16.4. The van der Waals surface area contributed by atoms with Gasteiger partial charge in [0.1, 0.15) is 12.0 Å². The summed E-state index contributed by atoms with van der Waals surface area (Å²) in [6.07, 6.45) is 2.29. The molecule has 1 unspecified atom stereocenters. The van der Waals surface area contributed by atoms with Crippen molar-refractivity contribution in [2.24, 2.45) is 4.99 Å². The zero-order valence-electron chi connectivity index (χ0n) is 18.5. The van der Waals surface area contributed by atoms with Crippen LogP contribution in [0.4, 0.5) is 0 Å². The maximum absolute atomic E-state index is 12.6. The third kappa shape index (κ3) is 7.71. The van der Waals surface area contributed by atoms with E-state index in [4.69, 9.17) is 9.26 Å². The second-order valence-electron chi connectivity index (χ2n) is 7.38. The molecular formula is C21H32IN5O4S. The van der Waals surface area contributed by atoms with Gasteiger partial charge in [0.05, 0.1) is 11.8 Å². The summed E-state index contributed by atoms with van der Waals surface area (Å²) in [5.41, 5.74) is 1.59. The summed E-state index contributed by atoms with van der Waals surface area (Å²) in [6, 6.07) is 11.7. The van der Waals surface area contributed by atoms with Gasteiger partial charge in [-0.2, -0.15) is 4.31 Å². The minimum Gasteiger partial charge on any atom is -0.374 e. The van der Waals surface area contributed by atoms with Gasteiger partial charge in [0.25, 0.3) is 0 Å². The molecule has 1 saturated heterocycles. The Bertz CT molecular complexity index is 917. The lowest BCUT2D eigenvalue weighted by molar-refractivity contribution is 0.0645. The molecule has 1 aromatic carbocycles. The van der Waals surface area contributed by atoms with Crippen molar-refractivity contribution in [3.8, 4) is 0 Å². The third-order valence-corrected chi connectivity index (χ3v) is 7.02. The summed E-state index contributed by atoms with van der Waals surface area (Å²) >= 11 is 0. The van der Waals surface area contributed by atoms with E-state index in [1.807, 2.05) is 18.2 Å². The highest BCUT2D eigenvalue weighted by Crippen LogP contribution is 2.16. The summed E-state index contributed by atoms with van der Waals surface area (Å²) in [5, 5.41) is 7.05. The molecule has 1 aliphatic heterocycles. The number of piperazine rings is 1. The lowest BCUT2D eigenvalue weighted by atomic mass is 10.1. The highest BCUT2D eigenvalue weighted by molar-refractivity contribution is 14.0. The van der Waals surface area contributed by atoms with E-state index in [0.29, 0.717) is 38.5 Å². The molecule has 1 aliphatic rings. The van der Waals surface area contributed by atoms with Gasteiger partial charge in [-0.05, 0) is 18.9 Å². The SMILES string of the molecule is CN=C(NCCCOC(C)c1ccccc1)N1CCN(S(=O)(=O)Cc2ccon2)CC1.I. The van der Waals surface area contributed by atoms with E-state index < -0.39 is 10.0 Å². The Hall–Kier alpha value is -1.70. The Kier molecular flexibility index (Phi) is 10.9. The molecule has 32 heavy (non-hydrogen) atoms. The zero-order valence-corrected chi connectivity index (χ0v) is 21.7. The Labute approximate surface area is 207 Å². The molecule has 2 heterocycles. The number of hydrogen-bond donors (Lipinski definition) is 1. The van der Waals surface area contributed by atoms with E-state index in [1.54, 1.807) is 13.1 Å². The molecule has 0 radical (unpaired) electrons. The first-order valence-corrected chi connectivity index (χ1v) is 12.1. The monoisotopic (exact) mass is 577 g/mol. The van der Waals surface area contributed by atoms with Gasteiger partial charge >= 0.3 is 0 Å². The summed E-state index contributed by atoms with van der Waals surface area (Å²) in [4.78, 5) is 6.42. The number of aliphatic imine (C=N–C) groups is 1. The summed E-state index contributed by atoms with van der Waals surface area (Å²) < 4.78 is 37.3. The maximum atomic E-state index is 12.6. The fourth-order valence-electron chi connectivity index (χ4n) is 3.45. The lowest BCUT2D eigenvalue weighted by Crippen LogP contribution is -2.54. The van der Waals surface area contributed by atoms with Crippen molar-refractivity contribution < 1.29 is 17.7 Å². The molecule has 1 fully saturated rings. The van der Waals surface area contributed by atoms with Crippen LogP contribution < -0.4 is 5.32 Å². The third-order valence-electron chi connectivity index (χ3n) is 5.21.